The minimum absolute atomic E-state index is 0.463. The summed E-state index contributed by atoms with van der Waals surface area (Å²) in [5.41, 5.74) is 1.05. The van der Waals surface area contributed by atoms with Crippen LogP contribution in [0.1, 0.15) is 26.3 Å². The number of benzene rings is 1. The molecule has 4 nitrogen and oxygen atoms in total. The van der Waals surface area contributed by atoms with Crippen molar-refractivity contribution >= 4 is 17.9 Å². The third-order valence-corrected chi connectivity index (χ3v) is 2.32. The van der Waals surface area contributed by atoms with Crippen LogP contribution in [-0.4, -0.2) is 18.3 Å². The van der Waals surface area contributed by atoms with Crippen LogP contribution in [0, 0.1) is 0 Å². The molecule has 1 aliphatic rings. The van der Waals surface area contributed by atoms with Gasteiger partial charge in [0.1, 0.15) is 18.0 Å². The molecule has 0 saturated carbocycles. The average molecular weight is 247 g/mol. The number of amides is 1. The largest absolute Gasteiger partial charge is 0.489 e. The first-order chi connectivity index (χ1) is 8.46. The van der Waals surface area contributed by atoms with E-state index in [9.17, 15) is 4.79 Å². The standard InChI is InChI=1S/C14H17NO3/c1-14(2,3)18-13(16)15-11-7-4-8-12-10(11)6-5-9-17-12/h4-8H,9H2,1-3H3,(H,15,16). The summed E-state index contributed by atoms with van der Waals surface area (Å²) in [7, 11) is 0. The molecule has 96 valence electrons. The topological polar surface area (TPSA) is 47.6 Å². The number of carbonyl (C=O) groups is 1. The maximum atomic E-state index is 11.7. The van der Waals surface area contributed by atoms with Crippen LogP contribution in [0.15, 0.2) is 24.3 Å². The molecular weight excluding hydrogens is 230 g/mol. The van der Waals surface area contributed by atoms with Gasteiger partial charge in [-0.25, -0.2) is 4.79 Å². The lowest BCUT2D eigenvalue weighted by Gasteiger charge is -2.21. The quantitative estimate of drug-likeness (QED) is 0.827. The first-order valence-corrected chi connectivity index (χ1v) is 5.88. The van der Waals surface area contributed by atoms with Gasteiger partial charge >= 0.3 is 6.09 Å². The first-order valence-electron chi connectivity index (χ1n) is 5.88. The maximum absolute atomic E-state index is 11.7. The number of hydrogen-bond acceptors (Lipinski definition) is 3. The second-order valence-electron chi connectivity index (χ2n) is 5.06. The van der Waals surface area contributed by atoms with Crippen molar-refractivity contribution in [3.63, 3.8) is 0 Å². The molecule has 0 saturated heterocycles. The van der Waals surface area contributed by atoms with Gasteiger partial charge in [0.2, 0.25) is 0 Å². The van der Waals surface area contributed by atoms with Gasteiger partial charge in [0, 0.05) is 5.56 Å². The van der Waals surface area contributed by atoms with E-state index in [4.69, 9.17) is 9.47 Å². The zero-order chi connectivity index (χ0) is 13.2. The fourth-order valence-corrected chi connectivity index (χ4v) is 1.67. The van der Waals surface area contributed by atoms with E-state index in [1.165, 1.54) is 0 Å². The minimum Gasteiger partial charge on any atom is -0.489 e. The van der Waals surface area contributed by atoms with Gasteiger partial charge in [-0.2, -0.15) is 0 Å². The Kier molecular flexibility index (Phi) is 3.28. The molecule has 0 unspecified atom stereocenters. The predicted molar refractivity (Wildman–Crippen MR) is 70.8 cm³/mol. The van der Waals surface area contributed by atoms with E-state index in [0.717, 1.165) is 11.3 Å². The summed E-state index contributed by atoms with van der Waals surface area (Å²) in [6.07, 6.45) is 3.38. The molecule has 1 aromatic rings. The molecule has 0 fully saturated rings. The molecule has 1 amide bonds. The van der Waals surface area contributed by atoms with Crippen LogP contribution < -0.4 is 10.1 Å². The number of anilines is 1. The SMILES string of the molecule is CC(C)(C)OC(=O)Nc1cccc2c1C=CCO2. The van der Waals surface area contributed by atoms with E-state index in [2.05, 4.69) is 5.32 Å². The van der Waals surface area contributed by atoms with Crippen LogP contribution in [0.4, 0.5) is 10.5 Å². The smallest absolute Gasteiger partial charge is 0.412 e. The van der Waals surface area contributed by atoms with Crippen LogP contribution in [0.5, 0.6) is 5.75 Å². The highest BCUT2D eigenvalue weighted by Crippen LogP contribution is 2.30. The number of nitrogens with one attached hydrogen (secondary N) is 1. The highest BCUT2D eigenvalue weighted by atomic mass is 16.6. The van der Waals surface area contributed by atoms with Crippen LogP contribution in [0.3, 0.4) is 0 Å². The fraction of sp³-hybridized carbons (Fsp3) is 0.357. The van der Waals surface area contributed by atoms with Crippen molar-refractivity contribution in [1.82, 2.24) is 0 Å². The molecule has 1 aliphatic heterocycles. The third-order valence-electron chi connectivity index (χ3n) is 2.32. The normalized spacial score (nSPS) is 13.5. The Morgan fingerprint density at radius 2 is 2.17 bits per heavy atom. The maximum Gasteiger partial charge on any atom is 0.412 e. The molecule has 4 heteroatoms. The van der Waals surface area contributed by atoms with Crippen molar-refractivity contribution < 1.29 is 14.3 Å². The third kappa shape index (κ3) is 3.03. The van der Waals surface area contributed by atoms with Gasteiger partial charge in [0.25, 0.3) is 0 Å². The molecule has 1 heterocycles. The molecule has 1 N–H and O–H groups in total. The first kappa shape index (κ1) is 12.5. The van der Waals surface area contributed by atoms with E-state index in [-0.39, 0.29) is 0 Å². The van der Waals surface area contributed by atoms with Crippen LogP contribution in [-0.2, 0) is 4.74 Å². The molecule has 0 aromatic heterocycles. The van der Waals surface area contributed by atoms with Gasteiger partial charge in [-0.1, -0.05) is 6.07 Å². The van der Waals surface area contributed by atoms with Gasteiger partial charge in [-0.15, -0.1) is 0 Å². The van der Waals surface area contributed by atoms with Crippen LogP contribution >= 0.6 is 0 Å². The average Bonchev–Trinajstić information content (AvgIpc) is 2.27. The Morgan fingerprint density at radius 3 is 2.89 bits per heavy atom. The summed E-state index contributed by atoms with van der Waals surface area (Å²) in [5, 5.41) is 2.73. The van der Waals surface area contributed by atoms with Crippen molar-refractivity contribution in [3.05, 3.63) is 29.8 Å². The number of fused-ring (bicyclic) bond motifs is 1. The molecule has 18 heavy (non-hydrogen) atoms. The minimum atomic E-state index is -0.509. The van der Waals surface area contributed by atoms with E-state index >= 15 is 0 Å². The second-order valence-corrected chi connectivity index (χ2v) is 5.06. The molecule has 2 rings (SSSR count). The Morgan fingerprint density at radius 1 is 1.39 bits per heavy atom. The van der Waals surface area contributed by atoms with Gasteiger partial charge in [0.05, 0.1) is 5.69 Å². The molecule has 0 spiro atoms. The Labute approximate surface area is 107 Å². The number of carbonyl (C=O) groups excluding carboxylic acids is 1. The number of ether oxygens (including phenoxy) is 2. The molecule has 1 aromatic carbocycles. The van der Waals surface area contributed by atoms with E-state index in [1.807, 2.05) is 51.1 Å². The summed E-state index contributed by atoms with van der Waals surface area (Å²) >= 11 is 0. The monoisotopic (exact) mass is 247 g/mol. The second kappa shape index (κ2) is 4.72. The van der Waals surface area contributed by atoms with E-state index in [1.54, 1.807) is 0 Å². The summed E-state index contributed by atoms with van der Waals surface area (Å²) < 4.78 is 10.7. The zero-order valence-corrected chi connectivity index (χ0v) is 10.8. The van der Waals surface area contributed by atoms with Crippen LogP contribution in [0.2, 0.25) is 0 Å². The van der Waals surface area contributed by atoms with Crippen molar-refractivity contribution in [2.75, 3.05) is 11.9 Å². The van der Waals surface area contributed by atoms with Crippen molar-refractivity contribution in [2.45, 2.75) is 26.4 Å². The van der Waals surface area contributed by atoms with Crippen molar-refractivity contribution in [2.24, 2.45) is 0 Å². The van der Waals surface area contributed by atoms with Gasteiger partial charge in [0.15, 0.2) is 0 Å². The van der Waals surface area contributed by atoms with E-state index < -0.39 is 11.7 Å². The summed E-state index contributed by atoms with van der Waals surface area (Å²) in [6, 6.07) is 5.53. The highest BCUT2D eigenvalue weighted by Gasteiger charge is 2.18. The summed E-state index contributed by atoms with van der Waals surface area (Å²) in [4.78, 5) is 11.7. The van der Waals surface area contributed by atoms with Gasteiger partial charge in [-0.05, 0) is 45.1 Å². The predicted octanol–water partition coefficient (Wildman–Crippen LogP) is 3.44. The molecule has 0 aliphatic carbocycles. The highest BCUT2D eigenvalue weighted by molar-refractivity contribution is 5.89. The number of hydrogen-bond donors (Lipinski definition) is 1. The Balaban J connectivity index is 2.16. The Hall–Kier alpha value is -1.97. The molecule has 0 radical (unpaired) electrons. The molecule has 0 bridgehead atoms. The summed E-state index contributed by atoms with van der Waals surface area (Å²) in [5.74, 6) is 0.769. The lowest BCUT2D eigenvalue weighted by Crippen LogP contribution is -2.27. The summed E-state index contributed by atoms with van der Waals surface area (Å²) in [6.45, 7) is 6.05. The van der Waals surface area contributed by atoms with E-state index in [0.29, 0.717) is 12.3 Å². The molecule has 0 atom stereocenters. The van der Waals surface area contributed by atoms with Crippen molar-refractivity contribution in [3.8, 4) is 5.75 Å². The Bertz CT molecular complexity index is 486. The lowest BCUT2D eigenvalue weighted by molar-refractivity contribution is 0.0636. The van der Waals surface area contributed by atoms with Crippen LogP contribution in [0.25, 0.3) is 6.08 Å². The number of rotatable bonds is 1. The molecular formula is C14H17NO3. The van der Waals surface area contributed by atoms with Gasteiger partial charge < -0.3 is 9.47 Å². The zero-order valence-electron chi connectivity index (χ0n) is 10.8. The lowest BCUT2D eigenvalue weighted by atomic mass is 10.1. The van der Waals surface area contributed by atoms with Gasteiger partial charge in [-0.3, -0.25) is 5.32 Å². The fourth-order valence-electron chi connectivity index (χ4n) is 1.67. The van der Waals surface area contributed by atoms with Crippen molar-refractivity contribution in [1.29, 1.82) is 0 Å².